The predicted molar refractivity (Wildman–Crippen MR) is 91.9 cm³/mol. The minimum absolute atomic E-state index is 0.140. The molecule has 0 aromatic heterocycles. The van der Waals surface area contributed by atoms with Crippen LogP contribution in [0.2, 0.25) is 0 Å². The summed E-state index contributed by atoms with van der Waals surface area (Å²) in [5.74, 6) is 0.678. The van der Waals surface area contributed by atoms with E-state index in [1.165, 1.54) is 0 Å². The van der Waals surface area contributed by atoms with Crippen molar-refractivity contribution in [3.05, 3.63) is 65.2 Å². The van der Waals surface area contributed by atoms with Gasteiger partial charge >= 0.3 is 6.03 Å². The Hall–Kier alpha value is -3.02. The molecule has 0 unspecified atom stereocenters. The molecular formula is C18H21N3O3. The van der Waals surface area contributed by atoms with E-state index in [0.717, 1.165) is 16.9 Å². The van der Waals surface area contributed by atoms with Gasteiger partial charge in [0, 0.05) is 18.7 Å². The number of carbonyl (C=O) groups is 2. The molecule has 2 rings (SSSR count). The van der Waals surface area contributed by atoms with Crippen molar-refractivity contribution >= 4 is 11.9 Å². The molecule has 6 heteroatoms. The Morgan fingerprint density at radius 2 is 1.75 bits per heavy atom. The first-order valence-corrected chi connectivity index (χ1v) is 7.62. The summed E-state index contributed by atoms with van der Waals surface area (Å²) in [4.78, 5) is 22.8. The second kappa shape index (κ2) is 8.57. The van der Waals surface area contributed by atoms with Gasteiger partial charge in [0.25, 0.3) is 5.91 Å². The van der Waals surface area contributed by atoms with Crippen LogP contribution in [0.25, 0.3) is 0 Å². The molecule has 3 amide bonds. The molecule has 24 heavy (non-hydrogen) atoms. The number of hydrogen-bond donors (Lipinski definition) is 3. The van der Waals surface area contributed by atoms with Crippen LogP contribution in [0.15, 0.2) is 48.5 Å². The van der Waals surface area contributed by atoms with Gasteiger partial charge in [0.2, 0.25) is 0 Å². The highest BCUT2D eigenvalue weighted by Crippen LogP contribution is 2.17. The van der Waals surface area contributed by atoms with Crippen LogP contribution in [-0.2, 0) is 13.0 Å². The van der Waals surface area contributed by atoms with Gasteiger partial charge in [-0.2, -0.15) is 0 Å². The smallest absolute Gasteiger partial charge is 0.312 e. The van der Waals surface area contributed by atoms with Gasteiger partial charge in [0.15, 0.2) is 0 Å². The summed E-state index contributed by atoms with van der Waals surface area (Å²) in [6, 6.07) is 14.2. The minimum Gasteiger partial charge on any atom is -0.496 e. The first-order chi connectivity index (χ1) is 11.6. The quantitative estimate of drug-likeness (QED) is 0.724. The molecule has 0 aliphatic carbocycles. The predicted octanol–water partition coefficient (Wildman–Crippen LogP) is 1.84. The highest BCUT2D eigenvalue weighted by molar-refractivity contribution is 5.94. The normalized spacial score (nSPS) is 10.0. The lowest BCUT2D eigenvalue weighted by molar-refractivity contribution is 0.0954. The van der Waals surface area contributed by atoms with Crippen LogP contribution in [-0.4, -0.2) is 25.6 Å². The van der Waals surface area contributed by atoms with Crippen LogP contribution < -0.4 is 21.1 Å². The van der Waals surface area contributed by atoms with Gasteiger partial charge < -0.3 is 21.1 Å². The van der Waals surface area contributed by atoms with Gasteiger partial charge in [-0.3, -0.25) is 4.79 Å². The zero-order valence-corrected chi connectivity index (χ0v) is 13.5. The molecule has 0 fully saturated rings. The van der Waals surface area contributed by atoms with Crippen molar-refractivity contribution in [1.29, 1.82) is 0 Å². The number of ether oxygens (including phenoxy) is 1. The third-order valence-electron chi connectivity index (χ3n) is 3.56. The lowest BCUT2D eigenvalue weighted by Crippen LogP contribution is -2.28. The van der Waals surface area contributed by atoms with E-state index in [0.29, 0.717) is 25.1 Å². The van der Waals surface area contributed by atoms with Crippen LogP contribution in [0, 0.1) is 0 Å². The van der Waals surface area contributed by atoms with Gasteiger partial charge in [0.05, 0.1) is 7.11 Å². The van der Waals surface area contributed by atoms with E-state index in [1.54, 1.807) is 31.4 Å². The van der Waals surface area contributed by atoms with E-state index in [-0.39, 0.29) is 5.91 Å². The van der Waals surface area contributed by atoms with Crippen LogP contribution in [0.1, 0.15) is 21.5 Å². The van der Waals surface area contributed by atoms with Crippen molar-refractivity contribution in [3.63, 3.8) is 0 Å². The Labute approximate surface area is 141 Å². The number of rotatable bonds is 7. The Bertz CT molecular complexity index is 699. The number of hydrogen-bond acceptors (Lipinski definition) is 3. The van der Waals surface area contributed by atoms with E-state index in [4.69, 9.17) is 10.5 Å². The first kappa shape index (κ1) is 17.3. The Balaban J connectivity index is 1.85. The van der Waals surface area contributed by atoms with Crippen molar-refractivity contribution in [2.24, 2.45) is 5.73 Å². The van der Waals surface area contributed by atoms with Gasteiger partial charge in [-0.05, 0) is 35.7 Å². The Morgan fingerprint density at radius 1 is 1.04 bits per heavy atom. The second-order valence-electron chi connectivity index (χ2n) is 5.23. The van der Waals surface area contributed by atoms with Crippen molar-refractivity contribution < 1.29 is 14.3 Å². The number of nitrogens with one attached hydrogen (secondary N) is 2. The van der Waals surface area contributed by atoms with Crippen LogP contribution >= 0.6 is 0 Å². The first-order valence-electron chi connectivity index (χ1n) is 7.62. The zero-order chi connectivity index (χ0) is 17.4. The largest absolute Gasteiger partial charge is 0.496 e. The highest BCUT2D eigenvalue weighted by atomic mass is 16.5. The molecule has 2 aromatic rings. The number of urea groups is 1. The van der Waals surface area contributed by atoms with E-state index in [9.17, 15) is 9.59 Å². The molecule has 0 aliphatic heterocycles. The standard InChI is InChI=1S/C18H21N3O3/c1-24-16-5-3-2-4-14(16)10-11-20-17(22)15-8-6-13(7-9-15)12-21-18(19)23/h2-9H,10-12H2,1H3,(H,20,22)(H3,19,21,23). The summed E-state index contributed by atoms with van der Waals surface area (Å²) < 4.78 is 5.29. The topological polar surface area (TPSA) is 93.4 Å². The molecule has 0 saturated heterocycles. The molecule has 0 radical (unpaired) electrons. The number of para-hydroxylation sites is 1. The van der Waals surface area contributed by atoms with E-state index in [2.05, 4.69) is 10.6 Å². The van der Waals surface area contributed by atoms with Crippen LogP contribution in [0.4, 0.5) is 4.79 Å². The van der Waals surface area contributed by atoms with Crippen molar-refractivity contribution in [1.82, 2.24) is 10.6 Å². The fraction of sp³-hybridized carbons (Fsp3) is 0.222. The molecule has 126 valence electrons. The summed E-state index contributed by atoms with van der Waals surface area (Å²) in [5, 5.41) is 5.38. The number of nitrogens with two attached hydrogens (primary N) is 1. The van der Waals surface area contributed by atoms with Gasteiger partial charge in [-0.1, -0.05) is 30.3 Å². The molecule has 4 N–H and O–H groups in total. The average Bonchev–Trinajstić information content (AvgIpc) is 2.60. The fourth-order valence-electron chi connectivity index (χ4n) is 2.29. The summed E-state index contributed by atoms with van der Waals surface area (Å²) in [6.45, 7) is 0.856. The van der Waals surface area contributed by atoms with E-state index in [1.807, 2.05) is 24.3 Å². The summed E-state index contributed by atoms with van der Waals surface area (Å²) >= 11 is 0. The van der Waals surface area contributed by atoms with Gasteiger partial charge in [0.1, 0.15) is 5.75 Å². The molecule has 2 aromatic carbocycles. The van der Waals surface area contributed by atoms with Crippen LogP contribution in [0.5, 0.6) is 5.75 Å². The summed E-state index contributed by atoms with van der Waals surface area (Å²) in [5.41, 5.74) is 7.51. The Kier molecular flexibility index (Phi) is 6.19. The summed E-state index contributed by atoms with van der Waals surface area (Å²) in [7, 11) is 1.63. The van der Waals surface area contributed by atoms with Crippen molar-refractivity contribution in [2.45, 2.75) is 13.0 Å². The molecule has 0 atom stereocenters. The highest BCUT2D eigenvalue weighted by Gasteiger charge is 2.06. The number of primary amides is 1. The number of amides is 3. The fourth-order valence-corrected chi connectivity index (χ4v) is 2.29. The molecule has 6 nitrogen and oxygen atoms in total. The number of carbonyl (C=O) groups excluding carboxylic acids is 2. The second-order valence-corrected chi connectivity index (χ2v) is 5.23. The maximum Gasteiger partial charge on any atom is 0.312 e. The van der Waals surface area contributed by atoms with Crippen LogP contribution in [0.3, 0.4) is 0 Å². The maximum absolute atomic E-state index is 12.1. The lowest BCUT2D eigenvalue weighted by Gasteiger charge is -2.09. The molecular weight excluding hydrogens is 306 g/mol. The molecule has 0 aliphatic rings. The lowest BCUT2D eigenvalue weighted by atomic mass is 10.1. The minimum atomic E-state index is -0.576. The third-order valence-corrected chi connectivity index (χ3v) is 3.56. The van der Waals surface area contributed by atoms with Gasteiger partial charge in [-0.25, -0.2) is 4.79 Å². The zero-order valence-electron chi connectivity index (χ0n) is 13.5. The third kappa shape index (κ3) is 5.01. The molecule has 0 saturated carbocycles. The molecule has 0 bridgehead atoms. The summed E-state index contributed by atoms with van der Waals surface area (Å²) in [6.07, 6.45) is 0.691. The van der Waals surface area contributed by atoms with Gasteiger partial charge in [-0.15, -0.1) is 0 Å². The maximum atomic E-state index is 12.1. The molecule has 0 heterocycles. The van der Waals surface area contributed by atoms with E-state index >= 15 is 0 Å². The van der Waals surface area contributed by atoms with Crippen molar-refractivity contribution in [3.8, 4) is 5.75 Å². The number of methoxy groups -OCH3 is 1. The monoisotopic (exact) mass is 327 g/mol. The average molecular weight is 327 g/mol. The number of benzene rings is 2. The Morgan fingerprint density at radius 3 is 2.42 bits per heavy atom. The molecule has 0 spiro atoms. The van der Waals surface area contributed by atoms with Crippen molar-refractivity contribution in [2.75, 3.05) is 13.7 Å². The van der Waals surface area contributed by atoms with E-state index < -0.39 is 6.03 Å². The SMILES string of the molecule is COc1ccccc1CCNC(=O)c1ccc(CNC(N)=O)cc1.